The summed E-state index contributed by atoms with van der Waals surface area (Å²) in [7, 11) is 0. The fourth-order valence-corrected chi connectivity index (χ4v) is 2.31. The standard InChI is InChI=1S/C15H23FN2O2/c1-3-18-7-8-20-13(11-18)10-17-12-5-6-15(19-4-2)14(16)9-12/h5-6,9,13,17H,3-4,7-8,10-11H2,1-2H3. The Labute approximate surface area is 119 Å². The summed E-state index contributed by atoms with van der Waals surface area (Å²) in [5.74, 6) is -0.0410. The fraction of sp³-hybridized carbons (Fsp3) is 0.600. The van der Waals surface area contributed by atoms with Gasteiger partial charge in [0.2, 0.25) is 0 Å². The van der Waals surface area contributed by atoms with Gasteiger partial charge in [0.1, 0.15) is 0 Å². The minimum absolute atomic E-state index is 0.151. The van der Waals surface area contributed by atoms with Crippen LogP contribution >= 0.6 is 0 Å². The minimum Gasteiger partial charge on any atom is -0.491 e. The van der Waals surface area contributed by atoms with Crippen molar-refractivity contribution in [2.24, 2.45) is 0 Å². The van der Waals surface area contributed by atoms with Gasteiger partial charge in [-0.05, 0) is 25.6 Å². The average molecular weight is 282 g/mol. The van der Waals surface area contributed by atoms with Crippen LogP contribution in [0.25, 0.3) is 0 Å². The first-order valence-corrected chi connectivity index (χ1v) is 7.23. The largest absolute Gasteiger partial charge is 0.491 e. The van der Waals surface area contributed by atoms with Crippen molar-refractivity contribution in [2.75, 3.05) is 44.7 Å². The van der Waals surface area contributed by atoms with Gasteiger partial charge in [-0.15, -0.1) is 0 Å². The van der Waals surface area contributed by atoms with Gasteiger partial charge >= 0.3 is 0 Å². The second-order valence-corrected chi connectivity index (χ2v) is 4.85. The molecule has 0 amide bonds. The Morgan fingerprint density at radius 1 is 1.45 bits per heavy atom. The quantitative estimate of drug-likeness (QED) is 0.868. The molecule has 1 aliphatic rings. The first kappa shape index (κ1) is 15.1. The van der Waals surface area contributed by atoms with Gasteiger partial charge < -0.3 is 14.8 Å². The lowest BCUT2D eigenvalue weighted by molar-refractivity contribution is -0.0191. The molecule has 1 atom stereocenters. The van der Waals surface area contributed by atoms with Crippen LogP contribution in [-0.4, -0.2) is 50.4 Å². The zero-order chi connectivity index (χ0) is 14.4. The number of hydrogen-bond acceptors (Lipinski definition) is 4. The van der Waals surface area contributed by atoms with Gasteiger partial charge in [0.15, 0.2) is 11.6 Å². The lowest BCUT2D eigenvalue weighted by Crippen LogP contribution is -2.45. The Bertz CT molecular complexity index is 428. The van der Waals surface area contributed by atoms with E-state index in [1.165, 1.54) is 6.07 Å². The molecule has 1 saturated heterocycles. The third-order valence-corrected chi connectivity index (χ3v) is 3.44. The van der Waals surface area contributed by atoms with Crippen LogP contribution in [0, 0.1) is 5.82 Å². The summed E-state index contributed by atoms with van der Waals surface area (Å²) in [4.78, 5) is 2.36. The van der Waals surface area contributed by atoms with Crippen molar-refractivity contribution in [3.8, 4) is 5.75 Å². The highest BCUT2D eigenvalue weighted by Crippen LogP contribution is 2.21. The molecule has 1 N–H and O–H groups in total. The lowest BCUT2D eigenvalue weighted by Gasteiger charge is -2.32. The van der Waals surface area contributed by atoms with Gasteiger partial charge in [0.05, 0.1) is 19.3 Å². The summed E-state index contributed by atoms with van der Waals surface area (Å²) in [6, 6.07) is 4.95. The number of ether oxygens (including phenoxy) is 2. The summed E-state index contributed by atoms with van der Waals surface area (Å²) in [5.41, 5.74) is 0.753. The molecule has 1 aliphatic heterocycles. The molecular formula is C15H23FN2O2. The Morgan fingerprint density at radius 2 is 2.30 bits per heavy atom. The molecule has 0 bridgehead atoms. The summed E-state index contributed by atoms with van der Waals surface area (Å²) in [5, 5.41) is 3.22. The molecule has 112 valence electrons. The van der Waals surface area contributed by atoms with Crippen LogP contribution in [0.1, 0.15) is 13.8 Å². The number of anilines is 1. The van der Waals surface area contributed by atoms with E-state index in [9.17, 15) is 4.39 Å². The van der Waals surface area contributed by atoms with Crippen LogP contribution < -0.4 is 10.1 Å². The molecule has 2 rings (SSSR count). The predicted molar refractivity (Wildman–Crippen MR) is 77.9 cm³/mol. The molecular weight excluding hydrogens is 259 g/mol. The second-order valence-electron chi connectivity index (χ2n) is 4.85. The van der Waals surface area contributed by atoms with Crippen molar-refractivity contribution in [1.29, 1.82) is 0 Å². The highest BCUT2D eigenvalue weighted by atomic mass is 19.1. The van der Waals surface area contributed by atoms with Crippen LogP contribution in [-0.2, 0) is 4.74 Å². The third-order valence-electron chi connectivity index (χ3n) is 3.44. The van der Waals surface area contributed by atoms with Crippen molar-refractivity contribution < 1.29 is 13.9 Å². The molecule has 1 aromatic carbocycles. The molecule has 4 nitrogen and oxygen atoms in total. The normalized spacial score (nSPS) is 19.9. The molecule has 0 aromatic heterocycles. The van der Waals surface area contributed by atoms with E-state index in [2.05, 4.69) is 17.1 Å². The van der Waals surface area contributed by atoms with Crippen molar-refractivity contribution >= 4 is 5.69 Å². The van der Waals surface area contributed by atoms with Crippen molar-refractivity contribution in [3.05, 3.63) is 24.0 Å². The monoisotopic (exact) mass is 282 g/mol. The van der Waals surface area contributed by atoms with E-state index in [-0.39, 0.29) is 11.9 Å². The summed E-state index contributed by atoms with van der Waals surface area (Å²) < 4.78 is 24.6. The van der Waals surface area contributed by atoms with Gasteiger partial charge in [-0.1, -0.05) is 6.92 Å². The zero-order valence-corrected chi connectivity index (χ0v) is 12.2. The number of nitrogens with zero attached hydrogens (tertiary/aromatic N) is 1. The maximum Gasteiger partial charge on any atom is 0.167 e. The van der Waals surface area contributed by atoms with Gasteiger partial charge in [-0.2, -0.15) is 0 Å². The number of morpholine rings is 1. The van der Waals surface area contributed by atoms with Crippen LogP contribution in [0.5, 0.6) is 5.75 Å². The number of halogens is 1. The Kier molecular flexibility index (Phi) is 5.61. The van der Waals surface area contributed by atoms with Gasteiger partial charge in [-0.3, -0.25) is 4.90 Å². The molecule has 1 unspecified atom stereocenters. The zero-order valence-electron chi connectivity index (χ0n) is 12.2. The number of benzene rings is 1. The molecule has 1 heterocycles. The molecule has 0 spiro atoms. The predicted octanol–water partition coefficient (Wildman–Crippen LogP) is 2.36. The summed E-state index contributed by atoms with van der Waals surface area (Å²) in [6.07, 6.45) is 0.151. The van der Waals surface area contributed by atoms with E-state index in [4.69, 9.17) is 9.47 Å². The highest BCUT2D eigenvalue weighted by Gasteiger charge is 2.18. The van der Waals surface area contributed by atoms with Gasteiger partial charge in [0, 0.05) is 31.4 Å². The van der Waals surface area contributed by atoms with E-state index in [0.717, 1.165) is 31.9 Å². The Morgan fingerprint density at radius 3 is 3.00 bits per heavy atom. The van der Waals surface area contributed by atoms with Crippen molar-refractivity contribution in [3.63, 3.8) is 0 Å². The second kappa shape index (κ2) is 7.45. The molecule has 0 radical (unpaired) electrons. The molecule has 1 aromatic rings. The van der Waals surface area contributed by atoms with E-state index in [1.807, 2.05) is 13.0 Å². The molecule has 5 heteroatoms. The minimum atomic E-state index is -0.336. The molecule has 1 fully saturated rings. The average Bonchev–Trinajstić information content (AvgIpc) is 2.48. The molecule has 0 aliphatic carbocycles. The lowest BCUT2D eigenvalue weighted by atomic mass is 10.2. The van der Waals surface area contributed by atoms with Gasteiger partial charge in [0.25, 0.3) is 0 Å². The molecule has 20 heavy (non-hydrogen) atoms. The number of likely N-dealkylation sites (N-methyl/N-ethyl adjacent to an activating group) is 1. The summed E-state index contributed by atoms with van der Waals surface area (Å²) in [6.45, 7) is 8.85. The Hall–Kier alpha value is -1.33. The number of nitrogens with one attached hydrogen (secondary N) is 1. The maximum absolute atomic E-state index is 13.7. The van der Waals surface area contributed by atoms with E-state index < -0.39 is 0 Å². The van der Waals surface area contributed by atoms with Crippen LogP contribution in [0.15, 0.2) is 18.2 Å². The topological polar surface area (TPSA) is 33.7 Å². The van der Waals surface area contributed by atoms with Crippen LogP contribution in [0.3, 0.4) is 0 Å². The van der Waals surface area contributed by atoms with Crippen molar-refractivity contribution in [1.82, 2.24) is 4.90 Å². The van der Waals surface area contributed by atoms with Gasteiger partial charge in [-0.25, -0.2) is 4.39 Å². The van der Waals surface area contributed by atoms with E-state index >= 15 is 0 Å². The van der Waals surface area contributed by atoms with Crippen molar-refractivity contribution in [2.45, 2.75) is 20.0 Å². The summed E-state index contributed by atoms with van der Waals surface area (Å²) >= 11 is 0. The van der Waals surface area contributed by atoms with E-state index in [0.29, 0.717) is 18.9 Å². The SMILES string of the molecule is CCOc1ccc(NCC2CN(CC)CCO2)cc1F. The third kappa shape index (κ3) is 4.08. The molecule has 0 saturated carbocycles. The van der Waals surface area contributed by atoms with Crippen LogP contribution in [0.4, 0.5) is 10.1 Å². The van der Waals surface area contributed by atoms with Crippen LogP contribution in [0.2, 0.25) is 0 Å². The number of hydrogen-bond donors (Lipinski definition) is 1. The maximum atomic E-state index is 13.7. The highest BCUT2D eigenvalue weighted by molar-refractivity contribution is 5.47. The first-order valence-electron chi connectivity index (χ1n) is 7.23. The Balaban J connectivity index is 1.86. The first-order chi connectivity index (χ1) is 9.72. The smallest absolute Gasteiger partial charge is 0.167 e. The number of rotatable bonds is 6. The van der Waals surface area contributed by atoms with E-state index in [1.54, 1.807) is 6.07 Å². The fourth-order valence-electron chi connectivity index (χ4n) is 2.31.